The van der Waals surface area contributed by atoms with Gasteiger partial charge >= 0.3 is 0 Å². The summed E-state index contributed by atoms with van der Waals surface area (Å²) in [6.07, 6.45) is 0. The summed E-state index contributed by atoms with van der Waals surface area (Å²) >= 11 is 9.33. The van der Waals surface area contributed by atoms with E-state index in [1.807, 2.05) is 43.3 Å². The SMILES string of the molecule is CC(Nc1ccc(Cl)c(Br)c1)c1ccccc1O. The lowest BCUT2D eigenvalue weighted by molar-refractivity contribution is 0.465. The Morgan fingerprint density at radius 2 is 1.94 bits per heavy atom. The molecule has 0 aliphatic heterocycles. The quantitative estimate of drug-likeness (QED) is 0.833. The second-order valence-corrected chi connectivity index (χ2v) is 5.32. The summed E-state index contributed by atoms with van der Waals surface area (Å²) in [6.45, 7) is 2.00. The smallest absolute Gasteiger partial charge is 0.120 e. The minimum absolute atomic E-state index is 0.0132. The van der Waals surface area contributed by atoms with Gasteiger partial charge in [-0.3, -0.25) is 0 Å². The van der Waals surface area contributed by atoms with Crippen molar-refractivity contribution >= 4 is 33.2 Å². The number of hydrogen-bond donors (Lipinski definition) is 2. The molecule has 0 fully saturated rings. The number of rotatable bonds is 3. The fourth-order valence-corrected chi connectivity index (χ4v) is 2.26. The van der Waals surface area contributed by atoms with Gasteiger partial charge in [0.2, 0.25) is 0 Å². The maximum atomic E-state index is 9.79. The van der Waals surface area contributed by atoms with Gasteiger partial charge < -0.3 is 10.4 Å². The monoisotopic (exact) mass is 325 g/mol. The van der Waals surface area contributed by atoms with Crippen LogP contribution in [0.1, 0.15) is 18.5 Å². The zero-order valence-corrected chi connectivity index (χ0v) is 12.2. The van der Waals surface area contributed by atoms with Crippen molar-refractivity contribution in [3.8, 4) is 5.75 Å². The third-order valence-electron chi connectivity index (χ3n) is 2.71. The Kier molecular flexibility index (Phi) is 4.15. The molecule has 0 saturated heterocycles. The van der Waals surface area contributed by atoms with Crippen molar-refractivity contribution in [1.82, 2.24) is 0 Å². The molecule has 0 bridgehead atoms. The lowest BCUT2D eigenvalue weighted by Gasteiger charge is -2.17. The van der Waals surface area contributed by atoms with Crippen molar-refractivity contribution in [3.05, 3.63) is 57.5 Å². The maximum absolute atomic E-state index is 9.79. The molecule has 4 heteroatoms. The number of phenolic OH excluding ortho intramolecular Hbond substituents is 1. The van der Waals surface area contributed by atoms with Crippen LogP contribution in [0.15, 0.2) is 46.9 Å². The summed E-state index contributed by atoms with van der Waals surface area (Å²) in [5, 5.41) is 13.8. The minimum Gasteiger partial charge on any atom is -0.508 e. The zero-order chi connectivity index (χ0) is 13.1. The summed E-state index contributed by atoms with van der Waals surface area (Å²) in [5.74, 6) is 0.297. The van der Waals surface area contributed by atoms with Crippen molar-refractivity contribution in [3.63, 3.8) is 0 Å². The first-order chi connectivity index (χ1) is 8.58. The third kappa shape index (κ3) is 2.98. The highest BCUT2D eigenvalue weighted by Crippen LogP contribution is 2.30. The van der Waals surface area contributed by atoms with Crippen LogP contribution in [0.2, 0.25) is 5.02 Å². The molecule has 0 aromatic heterocycles. The Bertz CT molecular complexity index is 559. The molecule has 2 N–H and O–H groups in total. The summed E-state index contributed by atoms with van der Waals surface area (Å²) in [5.41, 5.74) is 1.81. The first-order valence-corrected chi connectivity index (χ1v) is 6.74. The fraction of sp³-hybridized carbons (Fsp3) is 0.143. The van der Waals surface area contributed by atoms with Crippen LogP contribution < -0.4 is 5.32 Å². The van der Waals surface area contributed by atoms with Crippen LogP contribution in [0.4, 0.5) is 5.69 Å². The predicted molar refractivity (Wildman–Crippen MR) is 79.3 cm³/mol. The first-order valence-electron chi connectivity index (χ1n) is 5.57. The summed E-state index contributed by atoms with van der Waals surface area (Å²) in [6, 6.07) is 13.0. The van der Waals surface area contributed by atoms with E-state index < -0.39 is 0 Å². The number of nitrogens with one attached hydrogen (secondary N) is 1. The molecular weight excluding hydrogens is 314 g/mol. The molecule has 1 unspecified atom stereocenters. The lowest BCUT2D eigenvalue weighted by atomic mass is 10.1. The van der Waals surface area contributed by atoms with E-state index in [1.165, 1.54) is 0 Å². The molecule has 0 radical (unpaired) electrons. The number of hydrogen-bond acceptors (Lipinski definition) is 2. The van der Waals surface area contributed by atoms with Gasteiger partial charge in [0.15, 0.2) is 0 Å². The molecule has 94 valence electrons. The molecule has 0 aliphatic carbocycles. The van der Waals surface area contributed by atoms with Gasteiger partial charge in [-0.15, -0.1) is 0 Å². The van der Waals surface area contributed by atoms with Crippen LogP contribution in [-0.2, 0) is 0 Å². The van der Waals surface area contributed by atoms with E-state index >= 15 is 0 Å². The number of anilines is 1. The van der Waals surface area contributed by atoms with Gasteiger partial charge in [0.25, 0.3) is 0 Å². The normalized spacial score (nSPS) is 12.2. The molecule has 1 atom stereocenters. The topological polar surface area (TPSA) is 32.3 Å². The molecule has 2 nitrogen and oxygen atoms in total. The lowest BCUT2D eigenvalue weighted by Crippen LogP contribution is -2.06. The van der Waals surface area contributed by atoms with Crippen LogP contribution in [0, 0.1) is 0 Å². The third-order valence-corrected chi connectivity index (χ3v) is 3.92. The highest BCUT2D eigenvalue weighted by Gasteiger charge is 2.09. The Morgan fingerprint density at radius 3 is 2.61 bits per heavy atom. The van der Waals surface area contributed by atoms with Gasteiger partial charge in [0, 0.05) is 15.7 Å². The molecular formula is C14H13BrClNO. The zero-order valence-electron chi connectivity index (χ0n) is 9.82. The van der Waals surface area contributed by atoms with Gasteiger partial charge in [-0.2, -0.15) is 0 Å². The highest BCUT2D eigenvalue weighted by molar-refractivity contribution is 9.10. The van der Waals surface area contributed by atoms with Crippen LogP contribution in [-0.4, -0.2) is 5.11 Å². The van der Waals surface area contributed by atoms with E-state index in [2.05, 4.69) is 21.2 Å². The molecule has 2 rings (SSSR count). The largest absolute Gasteiger partial charge is 0.508 e. The number of para-hydroxylation sites is 1. The van der Waals surface area contributed by atoms with Gasteiger partial charge in [0.05, 0.1) is 11.1 Å². The maximum Gasteiger partial charge on any atom is 0.120 e. The average Bonchev–Trinajstić information content (AvgIpc) is 2.34. The van der Waals surface area contributed by atoms with Gasteiger partial charge in [0.1, 0.15) is 5.75 Å². The van der Waals surface area contributed by atoms with Crippen molar-refractivity contribution < 1.29 is 5.11 Å². The van der Waals surface area contributed by atoms with Crippen LogP contribution in [0.3, 0.4) is 0 Å². The Balaban J connectivity index is 2.19. The predicted octanol–water partition coefficient (Wildman–Crippen LogP) is 4.98. The molecule has 0 heterocycles. The number of halogens is 2. The van der Waals surface area contributed by atoms with Gasteiger partial charge in [-0.25, -0.2) is 0 Å². The van der Waals surface area contributed by atoms with Crippen molar-refractivity contribution in [2.75, 3.05) is 5.32 Å². The average molecular weight is 327 g/mol. The van der Waals surface area contributed by atoms with Crippen molar-refractivity contribution in [2.24, 2.45) is 0 Å². The Labute approximate surface area is 120 Å². The second kappa shape index (κ2) is 5.63. The molecule has 0 aliphatic rings. The van der Waals surface area contributed by atoms with E-state index in [0.717, 1.165) is 15.7 Å². The number of aromatic hydroxyl groups is 1. The van der Waals surface area contributed by atoms with E-state index in [4.69, 9.17) is 11.6 Å². The first kappa shape index (κ1) is 13.2. The van der Waals surface area contributed by atoms with Crippen molar-refractivity contribution in [1.29, 1.82) is 0 Å². The van der Waals surface area contributed by atoms with E-state index in [9.17, 15) is 5.11 Å². The van der Waals surface area contributed by atoms with Crippen LogP contribution >= 0.6 is 27.5 Å². The molecule has 0 amide bonds. The molecule has 0 saturated carbocycles. The van der Waals surface area contributed by atoms with Crippen LogP contribution in [0.5, 0.6) is 5.75 Å². The fourth-order valence-electron chi connectivity index (χ4n) is 1.77. The highest BCUT2D eigenvalue weighted by atomic mass is 79.9. The summed E-state index contributed by atoms with van der Waals surface area (Å²) in [7, 11) is 0. The number of phenols is 1. The molecule has 18 heavy (non-hydrogen) atoms. The second-order valence-electron chi connectivity index (χ2n) is 4.05. The molecule has 2 aromatic carbocycles. The van der Waals surface area contributed by atoms with Gasteiger partial charge in [-0.05, 0) is 47.1 Å². The standard InChI is InChI=1S/C14H13BrClNO/c1-9(11-4-2-3-5-14(11)18)17-10-6-7-13(16)12(15)8-10/h2-9,17-18H,1H3. The molecule has 2 aromatic rings. The van der Waals surface area contributed by atoms with Gasteiger partial charge in [-0.1, -0.05) is 29.8 Å². The summed E-state index contributed by atoms with van der Waals surface area (Å²) < 4.78 is 0.846. The summed E-state index contributed by atoms with van der Waals surface area (Å²) in [4.78, 5) is 0. The minimum atomic E-state index is 0.0132. The Hall–Kier alpha value is -1.19. The molecule has 0 spiro atoms. The van der Waals surface area contributed by atoms with E-state index in [-0.39, 0.29) is 6.04 Å². The number of benzene rings is 2. The van der Waals surface area contributed by atoms with E-state index in [1.54, 1.807) is 6.07 Å². The Morgan fingerprint density at radius 1 is 1.22 bits per heavy atom. The van der Waals surface area contributed by atoms with Crippen molar-refractivity contribution in [2.45, 2.75) is 13.0 Å². The van der Waals surface area contributed by atoms with Crippen LogP contribution in [0.25, 0.3) is 0 Å². The van der Waals surface area contributed by atoms with E-state index in [0.29, 0.717) is 10.8 Å².